The fourth-order valence-electron chi connectivity index (χ4n) is 5.96. The number of nitrogens with one attached hydrogen (secondary N) is 1. The number of unbranched alkanes of at least 4 members (excludes halogenated alkanes) is 2. The lowest BCUT2D eigenvalue weighted by molar-refractivity contribution is -0.885. The van der Waals surface area contributed by atoms with Crippen molar-refractivity contribution in [1.29, 1.82) is 0 Å². The van der Waals surface area contributed by atoms with Crippen LogP contribution in [0.1, 0.15) is 86.4 Å². The fraction of sp³-hybridized carbons (Fsp3) is 0.429. The number of fused-ring (bicyclic) bond motifs is 2. The van der Waals surface area contributed by atoms with Gasteiger partial charge in [-0.25, -0.2) is 0 Å². The molecule has 3 heterocycles. The van der Waals surface area contributed by atoms with Gasteiger partial charge in [-0.3, -0.25) is 14.7 Å². The lowest BCUT2D eigenvalue weighted by Gasteiger charge is -2.23. The van der Waals surface area contributed by atoms with Gasteiger partial charge in [0.2, 0.25) is 6.23 Å². The molecule has 0 saturated heterocycles. The summed E-state index contributed by atoms with van der Waals surface area (Å²) in [6.07, 6.45) is 6.69. The van der Waals surface area contributed by atoms with Gasteiger partial charge < -0.3 is 31.5 Å². The highest BCUT2D eigenvalue weighted by Crippen LogP contribution is 2.31. The second-order valence-corrected chi connectivity index (χ2v) is 11.9. The number of quaternary nitrogens is 1. The van der Waals surface area contributed by atoms with Gasteiger partial charge in [-0.15, -0.1) is 0 Å². The van der Waals surface area contributed by atoms with Gasteiger partial charge in [0.05, 0.1) is 12.3 Å². The van der Waals surface area contributed by atoms with Gasteiger partial charge in [-0.2, -0.15) is 0 Å². The Kier molecular flexibility index (Phi) is 10.3. The topological polar surface area (TPSA) is 156 Å². The smallest absolute Gasteiger partial charge is 0.247 e. The number of carbonyl (C=O) groups excluding carboxylic acids is 1. The number of nitrogens with two attached hydrogens (primary N) is 2. The minimum absolute atomic E-state index is 0.00209. The van der Waals surface area contributed by atoms with Crippen LogP contribution in [-0.2, 0) is 17.6 Å². The standard InChI is InChI=1S/C35H42N4O5/c1-2-3-4-6-26(40)18-27(41)12-9-22-10-14-32(43)33(15-22)44-34-8-5-7-31(42)28-13-11-23(35(36)37)16-24(28)17-25-19-38-30-21-39(34)20-29(25)30/h10-11,13-16,19,21,26,31,34-35,40,42-43H,2-4,6,8-9,12,17-18,20,36-37H2,1H3/p+1/t26-,31+,34-/m1/s1. The molecule has 0 amide bonds. The molecule has 3 aliphatic rings. The minimum atomic E-state index is -1.01. The van der Waals surface area contributed by atoms with Crippen LogP contribution in [0.25, 0.3) is 0 Å². The third-order valence-corrected chi connectivity index (χ3v) is 8.52. The molecule has 2 aromatic rings. The van der Waals surface area contributed by atoms with E-state index in [1.165, 1.54) is 0 Å². The zero-order valence-electron chi connectivity index (χ0n) is 25.3. The Labute approximate surface area is 258 Å². The first-order chi connectivity index (χ1) is 21.2. The maximum atomic E-state index is 12.5. The molecule has 0 spiro atoms. The number of aliphatic imine (C=N–C) groups is 1. The SMILES string of the molecule is CCCCC[C@@H](O)CC(=O)CCc1ccc(O)c(O[C@@H]2CC#C[C@H](O)c3ccc(C(N)N)cc3CC3=C4C[NH+]2C=C4N=C3)c1. The second-order valence-electron chi connectivity index (χ2n) is 11.9. The van der Waals surface area contributed by atoms with Crippen molar-refractivity contribution in [2.24, 2.45) is 16.5 Å². The quantitative estimate of drug-likeness (QED) is 0.124. The molecule has 4 atom stereocenters. The van der Waals surface area contributed by atoms with Crippen LogP contribution < -0.4 is 21.1 Å². The first-order valence-corrected chi connectivity index (χ1v) is 15.5. The molecule has 0 aromatic heterocycles. The number of phenols is 1. The summed E-state index contributed by atoms with van der Waals surface area (Å²) in [5.41, 5.74) is 18.2. The first-order valence-electron chi connectivity index (χ1n) is 15.5. The zero-order valence-corrected chi connectivity index (χ0v) is 25.3. The molecule has 2 bridgehead atoms. The van der Waals surface area contributed by atoms with Crippen LogP contribution in [0.2, 0.25) is 0 Å². The summed E-state index contributed by atoms with van der Waals surface area (Å²) in [7, 11) is 0. The summed E-state index contributed by atoms with van der Waals surface area (Å²) in [6.45, 7) is 2.75. The summed E-state index contributed by atoms with van der Waals surface area (Å²) < 4.78 is 6.40. The first kappa shape index (κ1) is 31.6. The molecule has 9 heteroatoms. The van der Waals surface area contributed by atoms with E-state index in [2.05, 4.69) is 23.8 Å². The number of hydrogen-bond donors (Lipinski definition) is 6. The molecule has 0 aliphatic carbocycles. The molecule has 0 radical (unpaired) electrons. The Morgan fingerprint density at radius 3 is 2.84 bits per heavy atom. The van der Waals surface area contributed by atoms with Crippen molar-refractivity contribution in [3.63, 3.8) is 0 Å². The van der Waals surface area contributed by atoms with Crippen LogP contribution in [0.15, 0.2) is 64.4 Å². The van der Waals surface area contributed by atoms with E-state index in [1.807, 2.05) is 30.6 Å². The van der Waals surface area contributed by atoms with Crippen molar-refractivity contribution in [2.45, 2.75) is 89.3 Å². The average molecular weight is 600 g/mol. The van der Waals surface area contributed by atoms with Gasteiger partial charge >= 0.3 is 0 Å². The normalized spacial score (nSPS) is 21.2. The molecule has 2 aromatic carbocycles. The Morgan fingerprint density at radius 2 is 2.05 bits per heavy atom. The number of aliphatic hydroxyl groups is 2. The molecule has 3 aliphatic heterocycles. The van der Waals surface area contributed by atoms with E-state index in [-0.39, 0.29) is 18.0 Å². The number of ketones is 1. The molecule has 44 heavy (non-hydrogen) atoms. The van der Waals surface area contributed by atoms with Crippen LogP contribution in [0.3, 0.4) is 0 Å². The number of aromatic hydroxyl groups is 1. The number of allylic oxidation sites excluding steroid dienone is 1. The van der Waals surface area contributed by atoms with Gasteiger partial charge in [-0.1, -0.05) is 62.3 Å². The van der Waals surface area contributed by atoms with E-state index < -0.39 is 24.6 Å². The highest BCUT2D eigenvalue weighted by Gasteiger charge is 2.35. The maximum absolute atomic E-state index is 12.5. The molecular weight excluding hydrogens is 556 g/mol. The maximum Gasteiger partial charge on any atom is 0.247 e. The fourth-order valence-corrected chi connectivity index (χ4v) is 5.96. The molecule has 0 fully saturated rings. The van der Waals surface area contributed by atoms with Crippen molar-refractivity contribution in [3.05, 3.63) is 81.7 Å². The zero-order chi connectivity index (χ0) is 31.2. The molecule has 8 N–H and O–H groups in total. The van der Waals surface area contributed by atoms with Crippen molar-refractivity contribution in [1.82, 2.24) is 0 Å². The average Bonchev–Trinajstić information content (AvgIpc) is 3.58. The van der Waals surface area contributed by atoms with Gasteiger partial charge in [0.25, 0.3) is 0 Å². The van der Waals surface area contributed by atoms with E-state index in [0.29, 0.717) is 50.0 Å². The summed E-state index contributed by atoms with van der Waals surface area (Å²) in [4.78, 5) is 18.1. The van der Waals surface area contributed by atoms with Crippen molar-refractivity contribution < 1.29 is 29.8 Å². The number of carbonyl (C=O) groups is 1. The van der Waals surface area contributed by atoms with Crippen molar-refractivity contribution >= 4 is 12.0 Å². The molecule has 0 saturated carbocycles. The Balaban J connectivity index is 1.32. The third kappa shape index (κ3) is 7.65. The predicted octanol–water partition coefficient (Wildman–Crippen LogP) is 2.65. The number of benzene rings is 2. The molecule has 1 unspecified atom stereocenters. The van der Waals surface area contributed by atoms with Crippen LogP contribution >= 0.6 is 0 Å². The van der Waals surface area contributed by atoms with E-state index in [0.717, 1.165) is 57.7 Å². The molecule has 9 nitrogen and oxygen atoms in total. The highest BCUT2D eigenvalue weighted by atomic mass is 16.5. The van der Waals surface area contributed by atoms with Crippen LogP contribution in [0.5, 0.6) is 11.5 Å². The number of Topliss-reactive ketones (excluding diaryl/α,β-unsaturated/α-hetero) is 1. The van der Waals surface area contributed by atoms with E-state index in [1.54, 1.807) is 18.2 Å². The lowest BCUT2D eigenvalue weighted by Crippen LogP contribution is -3.11. The Bertz CT molecular complexity index is 1530. The highest BCUT2D eigenvalue weighted by molar-refractivity contribution is 5.87. The monoisotopic (exact) mass is 599 g/mol. The molecule has 232 valence electrons. The van der Waals surface area contributed by atoms with E-state index >= 15 is 0 Å². The van der Waals surface area contributed by atoms with Gasteiger partial charge in [0, 0.05) is 24.6 Å². The van der Waals surface area contributed by atoms with Crippen LogP contribution in [-0.4, -0.2) is 46.2 Å². The summed E-state index contributed by atoms with van der Waals surface area (Å²) >= 11 is 0. The number of aliphatic hydroxyl groups excluding tert-OH is 2. The number of nitrogens with zero attached hydrogens (tertiary/aromatic N) is 1. The predicted molar refractivity (Wildman–Crippen MR) is 169 cm³/mol. The largest absolute Gasteiger partial charge is 0.504 e. The molecular formula is C35H43N4O5+. The van der Waals surface area contributed by atoms with Crippen LogP contribution in [0.4, 0.5) is 0 Å². The number of phenolic OH excluding ortho intramolecular Hbond substituents is 1. The summed E-state index contributed by atoms with van der Waals surface area (Å²) in [6, 6.07) is 10.7. The van der Waals surface area contributed by atoms with Gasteiger partial charge in [0.15, 0.2) is 11.5 Å². The lowest BCUT2D eigenvalue weighted by atomic mass is 9.92. The number of aryl methyl sites for hydroxylation is 1. The summed E-state index contributed by atoms with van der Waals surface area (Å²) in [5.74, 6) is 6.41. The third-order valence-electron chi connectivity index (χ3n) is 8.52. The van der Waals surface area contributed by atoms with Gasteiger partial charge in [0.1, 0.15) is 36.7 Å². The number of rotatable bonds is 12. The number of ether oxygens (including phenoxy) is 1. The van der Waals surface area contributed by atoms with Gasteiger partial charge in [-0.05, 0) is 59.2 Å². The van der Waals surface area contributed by atoms with Crippen molar-refractivity contribution in [3.8, 4) is 23.3 Å². The van der Waals surface area contributed by atoms with Crippen LogP contribution in [0, 0.1) is 11.8 Å². The summed E-state index contributed by atoms with van der Waals surface area (Å²) in [5, 5.41) is 31.9. The Hall–Kier alpha value is -3.78. The molecule has 5 rings (SSSR count). The minimum Gasteiger partial charge on any atom is -0.504 e. The van der Waals surface area contributed by atoms with E-state index in [9.17, 15) is 20.1 Å². The second kappa shape index (κ2) is 14.3. The Morgan fingerprint density at radius 1 is 1.20 bits per heavy atom. The van der Waals surface area contributed by atoms with E-state index in [4.69, 9.17) is 16.2 Å². The number of hydrogen-bond acceptors (Lipinski definition) is 8. The van der Waals surface area contributed by atoms with Crippen molar-refractivity contribution in [2.75, 3.05) is 6.54 Å².